The number of hydrogen-bond donors (Lipinski definition) is 3. The van der Waals surface area contributed by atoms with Gasteiger partial charge in [-0.05, 0) is 25.5 Å². The van der Waals surface area contributed by atoms with Crippen LogP contribution in [0.4, 0.5) is 5.69 Å². The van der Waals surface area contributed by atoms with E-state index < -0.39 is 11.9 Å². The Labute approximate surface area is 112 Å². The summed E-state index contributed by atoms with van der Waals surface area (Å²) in [5, 5.41) is 14.5. The van der Waals surface area contributed by atoms with Crippen molar-refractivity contribution in [3.63, 3.8) is 0 Å². The van der Waals surface area contributed by atoms with E-state index in [-0.39, 0.29) is 5.91 Å². The molecule has 0 spiro atoms. The van der Waals surface area contributed by atoms with Crippen molar-refractivity contribution in [3.05, 3.63) is 24.0 Å². The third-order valence-corrected chi connectivity index (χ3v) is 2.66. The lowest BCUT2D eigenvalue weighted by Crippen LogP contribution is -2.23. The molecule has 0 radical (unpaired) electrons. The van der Waals surface area contributed by atoms with Crippen LogP contribution in [0.15, 0.2) is 18.3 Å². The topological polar surface area (TPSA) is 91.3 Å². The highest BCUT2D eigenvalue weighted by Crippen LogP contribution is 2.09. The highest BCUT2D eigenvalue weighted by atomic mass is 16.4. The highest BCUT2D eigenvalue weighted by molar-refractivity contribution is 5.93. The summed E-state index contributed by atoms with van der Waals surface area (Å²) in [5.74, 6) is -1.42. The molecule has 1 unspecified atom stereocenters. The van der Waals surface area contributed by atoms with E-state index in [1.54, 1.807) is 25.3 Å². The summed E-state index contributed by atoms with van der Waals surface area (Å²) in [4.78, 5) is 26.2. The molecular formula is C13H19N3O3. The Bertz CT molecular complexity index is 449. The Morgan fingerprint density at radius 2 is 2.21 bits per heavy atom. The van der Waals surface area contributed by atoms with E-state index in [9.17, 15) is 9.59 Å². The maximum atomic E-state index is 11.6. The molecule has 1 atom stereocenters. The summed E-state index contributed by atoms with van der Waals surface area (Å²) < 4.78 is 0. The smallest absolute Gasteiger partial charge is 0.306 e. The van der Waals surface area contributed by atoms with Gasteiger partial charge in [0.25, 0.3) is 5.91 Å². The van der Waals surface area contributed by atoms with Gasteiger partial charge >= 0.3 is 5.97 Å². The van der Waals surface area contributed by atoms with Gasteiger partial charge in [0.2, 0.25) is 0 Å². The molecule has 0 aliphatic rings. The van der Waals surface area contributed by atoms with Crippen LogP contribution >= 0.6 is 0 Å². The Morgan fingerprint density at radius 1 is 1.47 bits per heavy atom. The normalized spacial score (nSPS) is 11.7. The van der Waals surface area contributed by atoms with Gasteiger partial charge in [-0.15, -0.1) is 0 Å². The van der Waals surface area contributed by atoms with Crippen molar-refractivity contribution in [2.75, 3.05) is 18.4 Å². The molecule has 6 heteroatoms. The Morgan fingerprint density at radius 3 is 2.84 bits per heavy atom. The van der Waals surface area contributed by atoms with Gasteiger partial charge in [0.15, 0.2) is 0 Å². The fourth-order valence-electron chi connectivity index (χ4n) is 1.47. The molecule has 3 N–H and O–H groups in total. The molecule has 1 heterocycles. The van der Waals surface area contributed by atoms with E-state index in [0.29, 0.717) is 25.2 Å². The van der Waals surface area contributed by atoms with Gasteiger partial charge in [0.1, 0.15) is 5.69 Å². The number of anilines is 1. The first kappa shape index (κ1) is 14.9. The number of pyridine rings is 1. The number of aromatic nitrogens is 1. The van der Waals surface area contributed by atoms with E-state index >= 15 is 0 Å². The van der Waals surface area contributed by atoms with Gasteiger partial charge in [-0.25, -0.2) is 0 Å². The number of carboxylic acid groups (broad SMARTS) is 1. The van der Waals surface area contributed by atoms with E-state index in [1.807, 2.05) is 6.92 Å². The number of rotatable bonds is 7. The number of aliphatic carboxylic acids is 1. The van der Waals surface area contributed by atoms with Crippen molar-refractivity contribution in [2.24, 2.45) is 5.92 Å². The summed E-state index contributed by atoms with van der Waals surface area (Å²) >= 11 is 0. The first-order chi connectivity index (χ1) is 9.04. The van der Waals surface area contributed by atoms with Crippen LogP contribution in [-0.2, 0) is 4.79 Å². The first-order valence-corrected chi connectivity index (χ1v) is 6.25. The zero-order valence-corrected chi connectivity index (χ0v) is 11.1. The number of amides is 1. The molecule has 0 aromatic carbocycles. The van der Waals surface area contributed by atoms with Crippen molar-refractivity contribution < 1.29 is 14.7 Å². The van der Waals surface area contributed by atoms with Gasteiger partial charge in [-0.2, -0.15) is 0 Å². The number of nitrogens with one attached hydrogen (secondary N) is 2. The minimum Gasteiger partial charge on any atom is -0.481 e. The van der Waals surface area contributed by atoms with Crippen LogP contribution in [0.2, 0.25) is 0 Å². The molecule has 0 saturated heterocycles. The highest BCUT2D eigenvalue weighted by Gasteiger charge is 2.10. The molecule has 1 aromatic heterocycles. The second-order valence-electron chi connectivity index (χ2n) is 4.24. The van der Waals surface area contributed by atoms with Crippen LogP contribution in [0.25, 0.3) is 0 Å². The van der Waals surface area contributed by atoms with Gasteiger partial charge in [-0.1, -0.05) is 6.92 Å². The maximum absolute atomic E-state index is 11.6. The molecular weight excluding hydrogens is 246 g/mol. The molecule has 104 valence electrons. The van der Waals surface area contributed by atoms with Crippen LogP contribution < -0.4 is 10.6 Å². The van der Waals surface area contributed by atoms with Gasteiger partial charge in [-0.3, -0.25) is 14.6 Å². The van der Waals surface area contributed by atoms with Crippen molar-refractivity contribution in [3.8, 4) is 0 Å². The molecule has 0 saturated carbocycles. The van der Waals surface area contributed by atoms with E-state index in [4.69, 9.17) is 5.11 Å². The summed E-state index contributed by atoms with van der Waals surface area (Å²) in [6.45, 7) is 4.59. The van der Waals surface area contributed by atoms with E-state index in [1.165, 1.54) is 0 Å². The van der Waals surface area contributed by atoms with Crippen LogP contribution in [0.3, 0.4) is 0 Å². The van der Waals surface area contributed by atoms with Gasteiger partial charge in [0.05, 0.1) is 5.92 Å². The molecule has 1 aromatic rings. The van der Waals surface area contributed by atoms with Gasteiger partial charge in [0, 0.05) is 25.0 Å². The third kappa shape index (κ3) is 4.95. The average molecular weight is 265 g/mol. The number of carbonyl (C=O) groups is 2. The van der Waals surface area contributed by atoms with Crippen LogP contribution in [-0.4, -0.2) is 35.1 Å². The number of hydrogen-bond acceptors (Lipinski definition) is 4. The van der Waals surface area contributed by atoms with Crippen LogP contribution in [0, 0.1) is 5.92 Å². The molecule has 1 amide bonds. The fourth-order valence-corrected chi connectivity index (χ4v) is 1.47. The summed E-state index contributed by atoms with van der Waals surface area (Å²) in [6, 6.07) is 3.39. The van der Waals surface area contributed by atoms with Crippen molar-refractivity contribution in [1.29, 1.82) is 0 Å². The van der Waals surface area contributed by atoms with E-state index in [2.05, 4.69) is 15.6 Å². The molecule has 0 fully saturated rings. The van der Waals surface area contributed by atoms with Crippen molar-refractivity contribution in [2.45, 2.75) is 20.3 Å². The minimum atomic E-state index is -0.806. The lowest BCUT2D eigenvalue weighted by Gasteiger charge is -2.09. The number of nitrogens with zero attached hydrogens (tertiary/aromatic N) is 1. The SMILES string of the molecule is CCNC(=O)c1cc(NCCC(C)C(=O)O)ccn1. The second kappa shape index (κ2) is 7.35. The van der Waals surface area contributed by atoms with Crippen LogP contribution in [0.5, 0.6) is 0 Å². The summed E-state index contributed by atoms with van der Waals surface area (Å²) in [6.07, 6.45) is 2.07. The molecule has 0 aliphatic carbocycles. The lowest BCUT2D eigenvalue weighted by molar-refractivity contribution is -0.141. The molecule has 0 aliphatic heterocycles. The predicted octanol–water partition coefficient (Wildman–Crippen LogP) is 1.35. The lowest BCUT2D eigenvalue weighted by atomic mass is 10.1. The maximum Gasteiger partial charge on any atom is 0.306 e. The number of carbonyl (C=O) groups excluding carboxylic acids is 1. The quantitative estimate of drug-likeness (QED) is 0.692. The predicted molar refractivity (Wildman–Crippen MR) is 72.2 cm³/mol. The van der Waals surface area contributed by atoms with E-state index in [0.717, 1.165) is 5.69 Å². The Kier molecular flexibility index (Phi) is 5.78. The summed E-state index contributed by atoms with van der Waals surface area (Å²) in [5.41, 5.74) is 1.10. The molecule has 6 nitrogen and oxygen atoms in total. The molecule has 0 bridgehead atoms. The minimum absolute atomic E-state index is 0.218. The first-order valence-electron chi connectivity index (χ1n) is 6.25. The zero-order valence-electron chi connectivity index (χ0n) is 11.1. The van der Waals surface area contributed by atoms with Gasteiger partial charge < -0.3 is 15.7 Å². The Hall–Kier alpha value is -2.11. The van der Waals surface area contributed by atoms with Crippen molar-refractivity contribution >= 4 is 17.6 Å². The van der Waals surface area contributed by atoms with Crippen molar-refractivity contribution in [1.82, 2.24) is 10.3 Å². The third-order valence-electron chi connectivity index (χ3n) is 2.66. The standard InChI is InChI=1S/C13H19N3O3/c1-3-14-12(17)11-8-10(5-7-16-11)15-6-4-9(2)13(18)19/h5,7-9H,3-4,6H2,1-2H3,(H,14,17)(H,15,16)(H,18,19). The van der Waals surface area contributed by atoms with Crippen LogP contribution in [0.1, 0.15) is 30.8 Å². The Balaban J connectivity index is 2.53. The second-order valence-corrected chi connectivity index (χ2v) is 4.24. The average Bonchev–Trinajstić information content (AvgIpc) is 2.39. The summed E-state index contributed by atoms with van der Waals surface area (Å²) in [7, 11) is 0. The largest absolute Gasteiger partial charge is 0.481 e. The molecule has 19 heavy (non-hydrogen) atoms. The monoisotopic (exact) mass is 265 g/mol. The number of carboxylic acids is 1. The molecule has 1 rings (SSSR count). The fraction of sp³-hybridized carbons (Fsp3) is 0.462. The zero-order chi connectivity index (χ0) is 14.3.